The maximum absolute atomic E-state index is 14.8. The number of carboxylic acid groups (broad SMARTS) is 1. The first-order valence-corrected chi connectivity index (χ1v) is 9.06. The van der Waals surface area contributed by atoms with Gasteiger partial charge in [0.25, 0.3) is 0 Å². The summed E-state index contributed by atoms with van der Waals surface area (Å²) in [5.41, 5.74) is -0.734. The molecule has 2 fully saturated rings. The van der Waals surface area contributed by atoms with Crippen molar-refractivity contribution in [3.05, 3.63) is 33.9 Å². The molecule has 9 heteroatoms. The zero-order valence-electron chi connectivity index (χ0n) is 14.8. The number of anilines is 1. The van der Waals surface area contributed by atoms with Crippen LogP contribution in [0.4, 0.5) is 10.2 Å². The monoisotopic (exact) mass is 376 g/mol. The summed E-state index contributed by atoms with van der Waals surface area (Å²) >= 11 is 0. The molecule has 1 saturated carbocycles. The van der Waals surface area contributed by atoms with Crippen molar-refractivity contribution < 1.29 is 19.4 Å². The highest BCUT2D eigenvalue weighted by Gasteiger charge is 2.29. The summed E-state index contributed by atoms with van der Waals surface area (Å²) in [4.78, 5) is 32.2. The van der Waals surface area contributed by atoms with E-state index in [0.717, 1.165) is 18.9 Å². The molecule has 2 aromatic rings. The van der Waals surface area contributed by atoms with Gasteiger partial charge in [-0.25, -0.2) is 14.2 Å². The molecule has 1 aliphatic carbocycles. The van der Waals surface area contributed by atoms with Crippen molar-refractivity contribution in [3.8, 4) is 0 Å². The van der Waals surface area contributed by atoms with E-state index in [2.05, 4.69) is 9.88 Å². The molecule has 0 bridgehead atoms. The van der Waals surface area contributed by atoms with Crippen LogP contribution in [-0.2, 0) is 0 Å². The van der Waals surface area contributed by atoms with Crippen molar-refractivity contribution in [2.24, 2.45) is 0 Å². The Morgan fingerprint density at radius 2 is 1.96 bits per heavy atom. The molecule has 8 nitrogen and oxygen atoms in total. The SMILES string of the molecule is O=C(O)c1cn(C2CC2)c2nc(N3CCN(CCO)CC3)c(F)cc2c1=O. The van der Waals surface area contributed by atoms with E-state index in [1.54, 1.807) is 4.57 Å². The predicted molar refractivity (Wildman–Crippen MR) is 96.9 cm³/mol. The fourth-order valence-electron chi connectivity index (χ4n) is 3.57. The van der Waals surface area contributed by atoms with Gasteiger partial charge in [0.2, 0.25) is 5.43 Å². The summed E-state index contributed by atoms with van der Waals surface area (Å²) in [5.74, 6) is -1.76. The summed E-state index contributed by atoms with van der Waals surface area (Å²) in [5, 5.41) is 18.3. The van der Waals surface area contributed by atoms with Gasteiger partial charge in [-0.05, 0) is 18.9 Å². The van der Waals surface area contributed by atoms with Gasteiger partial charge in [0.15, 0.2) is 11.6 Å². The van der Waals surface area contributed by atoms with Crippen LogP contribution < -0.4 is 10.3 Å². The normalized spacial score (nSPS) is 18.2. The number of carbonyl (C=O) groups is 1. The average molecular weight is 376 g/mol. The lowest BCUT2D eigenvalue weighted by molar-refractivity contribution is 0.0695. The highest BCUT2D eigenvalue weighted by Crippen LogP contribution is 2.37. The van der Waals surface area contributed by atoms with Crippen molar-refractivity contribution in [3.63, 3.8) is 0 Å². The lowest BCUT2D eigenvalue weighted by Crippen LogP contribution is -2.47. The molecule has 3 heterocycles. The van der Waals surface area contributed by atoms with Gasteiger partial charge in [0, 0.05) is 45.0 Å². The Balaban J connectivity index is 1.77. The van der Waals surface area contributed by atoms with Crippen LogP contribution in [-0.4, -0.2) is 70.0 Å². The minimum Gasteiger partial charge on any atom is -0.477 e. The molecule has 0 amide bonds. The standard InChI is InChI=1S/C18H21FN4O4/c19-14-9-12-15(25)13(18(26)27)10-23(11-1-2-11)16(12)20-17(14)22-5-3-21(4-6-22)7-8-24/h9-11,24H,1-8H2,(H,26,27). The van der Waals surface area contributed by atoms with E-state index < -0.39 is 17.2 Å². The summed E-state index contributed by atoms with van der Waals surface area (Å²) in [6.45, 7) is 3.18. The molecule has 0 atom stereocenters. The van der Waals surface area contributed by atoms with Crippen molar-refractivity contribution in [2.75, 3.05) is 44.2 Å². The molecule has 2 aliphatic rings. The van der Waals surface area contributed by atoms with Crippen molar-refractivity contribution in [1.29, 1.82) is 0 Å². The third kappa shape index (κ3) is 3.28. The van der Waals surface area contributed by atoms with Crippen molar-refractivity contribution in [2.45, 2.75) is 18.9 Å². The number of halogens is 1. The van der Waals surface area contributed by atoms with E-state index in [0.29, 0.717) is 38.4 Å². The van der Waals surface area contributed by atoms with Gasteiger partial charge in [-0.3, -0.25) is 9.69 Å². The summed E-state index contributed by atoms with van der Waals surface area (Å²) in [6, 6.07) is 1.21. The number of pyridine rings is 2. The maximum Gasteiger partial charge on any atom is 0.341 e. The molecule has 1 aliphatic heterocycles. The number of carboxylic acids is 1. The van der Waals surface area contributed by atoms with Crippen molar-refractivity contribution in [1.82, 2.24) is 14.5 Å². The van der Waals surface area contributed by atoms with Crippen LogP contribution in [0.2, 0.25) is 0 Å². The molecule has 144 valence electrons. The number of hydrogen-bond donors (Lipinski definition) is 2. The second kappa shape index (κ2) is 6.90. The first-order chi connectivity index (χ1) is 13.0. The van der Waals surface area contributed by atoms with Gasteiger partial charge < -0.3 is 19.7 Å². The molecule has 4 rings (SSSR count). The maximum atomic E-state index is 14.8. The molecule has 0 unspecified atom stereocenters. The topological polar surface area (TPSA) is 98.9 Å². The van der Waals surface area contributed by atoms with E-state index >= 15 is 0 Å². The lowest BCUT2D eigenvalue weighted by atomic mass is 10.1. The Morgan fingerprint density at radius 1 is 1.26 bits per heavy atom. The zero-order chi connectivity index (χ0) is 19.1. The smallest absolute Gasteiger partial charge is 0.341 e. The van der Waals surface area contributed by atoms with Crippen LogP contribution in [0.3, 0.4) is 0 Å². The van der Waals surface area contributed by atoms with Gasteiger partial charge in [-0.1, -0.05) is 0 Å². The first-order valence-electron chi connectivity index (χ1n) is 9.06. The van der Waals surface area contributed by atoms with Crippen LogP contribution >= 0.6 is 0 Å². The third-order valence-corrected chi connectivity index (χ3v) is 5.20. The Morgan fingerprint density at radius 3 is 2.56 bits per heavy atom. The molecule has 1 saturated heterocycles. The minimum absolute atomic E-state index is 0.00182. The number of hydrogen-bond acceptors (Lipinski definition) is 6. The second-order valence-electron chi connectivity index (χ2n) is 7.03. The average Bonchev–Trinajstić information content (AvgIpc) is 3.48. The van der Waals surface area contributed by atoms with E-state index in [9.17, 15) is 19.1 Å². The highest BCUT2D eigenvalue weighted by atomic mass is 19.1. The summed E-state index contributed by atoms with van der Waals surface area (Å²) in [7, 11) is 0. The van der Waals surface area contributed by atoms with Crippen LogP contribution in [0.5, 0.6) is 0 Å². The van der Waals surface area contributed by atoms with Crippen molar-refractivity contribution >= 4 is 22.8 Å². The number of aliphatic hydroxyl groups is 1. The Hall–Kier alpha value is -2.52. The van der Waals surface area contributed by atoms with Gasteiger partial charge in [-0.2, -0.15) is 0 Å². The molecular formula is C18H21FN4O4. The Labute approximate surface area is 154 Å². The second-order valence-corrected chi connectivity index (χ2v) is 7.03. The number of piperazine rings is 1. The minimum atomic E-state index is -1.32. The summed E-state index contributed by atoms with van der Waals surface area (Å²) < 4.78 is 16.5. The van der Waals surface area contributed by atoms with Crippen LogP contribution in [0.1, 0.15) is 29.2 Å². The van der Waals surface area contributed by atoms with E-state index in [-0.39, 0.29) is 29.4 Å². The molecule has 2 aromatic heterocycles. The molecule has 2 N–H and O–H groups in total. The van der Waals surface area contributed by atoms with Crippen LogP contribution in [0, 0.1) is 5.82 Å². The Bertz CT molecular complexity index is 949. The first kappa shape index (κ1) is 17.9. The third-order valence-electron chi connectivity index (χ3n) is 5.20. The van der Waals surface area contributed by atoms with E-state index in [1.807, 2.05) is 4.90 Å². The highest BCUT2D eigenvalue weighted by molar-refractivity contribution is 5.92. The fourth-order valence-corrected chi connectivity index (χ4v) is 3.57. The number of fused-ring (bicyclic) bond motifs is 1. The number of aromatic nitrogens is 2. The summed E-state index contributed by atoms with van der Waals surface area (Å²) in [6.07, 6.45) is 3.09. The molecule has 0 spiro atoms. The van der Waals surface area contributed by atoms with E-state index in [1.165, 1.54) is 6.20 Å². The number of rotatable bonds is 5. The largest absolute Gasteiger partial charge is 0.477 e. The van der Waals surface area contributed by atoms with Gasteiger partial charge in [0.05, 0.1) is 12.0 Å². The van der Waals surface area contributed by atoms with E-state index in [4.69, 9.17) is 5.11 Å². The van der Waals surface area contributed by atoms with Gasteiger partial charge in [0.1, 0.15) is 11.2 Å². The molecule has 0 radical (unpaired) electrons. The zero-order valence-corrected chi connectivity index (χ0v) is 14.8. The van der Waals surface area contributed by atoms with Crippen LogP contribution in [0.15, 0.2) is 17.1 Å². The predicted octanol–water partition coefficient (Wildman–Crippen LogP) is 0.683. The lowest BCUT2D eigenvalue weighted by Gasteiger charge is -2.35. The quantitative estimate of drug-likeness (QED) is 0.792. The molecule has 0 aromatic carbocycles. The van der Waals surface area contributed by atoms with Crippen LogP contribution in [0.25, 0.3) is 11.0 Å². The Kier molecular flexibility index (Phi) is 4.56. The number of β-amino-alcohol motifs (C(OH)–C–C–N with tert-alkyl or cyclic N) is 1. The number of aliphatic hydroxyl groups excluding tert-OH is 1. The molecular weight excluding hydrogens is 355 g/mol. The fraction of sp³-hybridized carbons (Fsp3) is 0.500. The number of aromatic carboxylic acids is 1. The van der Waals surface area contributed by atoms with Gasteiger partial charge in [-0.15, -0.1) is 0 Å². The van der Waals surface area contributed by atoms with Gasteiger partial charge >= 0.3 is 5.97 Å². The molecule has 27 heavy (non-hydrogen) atoms. The number of nitrogens with zero attached hydrogens (tertiary/aromatic N) is 4.